The Bertz CT molecular complexity index is 1220. The summed E-state index contributed by atoms with van der Waals surface area (Å²) in [6.07, 6.45) is 1.02. The lowest BCUT2D eigenvalue weighted by molar-refractivity contribution is 0.269. The summed E-state index contributed by atoms with van der Waals surface area (Å²) in [5.41, 5.74) is 5.93. The number of aromatic amines is 1. The molecule has 5 heteroatoms. The molecule has 0 radical (unpaired) electrons. The maximum atomic E-state index is 6.28. The average molecular weight is 433 g/mol. The fourth-order valence-electron chi connectivity index (χ4n) is 4.33. The van der Waals surface area contributed by atoms with Gasteiger partial charge in [0, 0.05) is 33.7 Å². The van der Waals surface area contributed by atoms with Gasteiger partial charge in [-0.15, -0.1) is 0 Å². The van der Waals surface area contributed by atoms with Crippen LogP contribution in [0.15, 0.2) is 66.7 Å². The minimum atomic E-state index is 0.0907. The Hall–Kier alpha value is -2.95. The number of H-pyrrole nitrogens is 1. The maximum Gasteiger partial charge on any atom is 0.161 e. The molecule has 2 heterocycles. The second-order valence-corrected chi connectivity index (χ2v) is 8.13. The van der Waals surface area contributed by atoms with Gasteiger partial charge in [0.25, 0.3) is 0 Å². The van der Waals surface area contributed by atoms with Crippen LogP contribution < -0.4 is 14.8 Å². The van der Waals surface area contributed by atoms with E-state index in [0.717, 1.165) is 35.6 Å². The van der Waals surface area contributed by atoms with E-state index in [2.05, 4.69) is 46.7 Å². The predicted molar refractivity (Wildman–Crippen MR) is 125 cm³/mol. The van der Waals surface area contributed by atoms with Crippen molar-refractivity contribution in [2.75, 3.05) is 13.2 Å². The zero-order chi connectivity index (χ0) is 21.2. The van der Waals surface area contributed by atoms with Crippen molar-refractivity contribution in [3.63, 3.8) is 0 Å². The standard InChI is InChI=1S/C26H25ClN2O2/c1-2-30-24-15-17(11-12-23(24)31-16-18-7-3-5-9-21(18)27)25-26-20(13-14-28-25)19-8-4-6-10-22(19)29-26/h3-12,15,25,28-29H,2,13-14,16H2,1H3/t25-/m0/s1. The summed E-state index contributed by atoms with van der Waals surface area (Å²) in [4.78, 5) is 3.63. The summed E-state index contributed by atoms with van der Waals surface area (Å²) < 4.78 is 12.0. The van der Waals surface area contributed by atoms with Gasteiger partial charge in [-0.1, -0.05) is 54.1 Å². The average Bonchev–Trinajstić information content (AvgIpc) is 3.18. The van der Waals surface area contributed by atoms with Crippen molar-refractivity contribution >= 4 is 22.5 Å². The maximum absolute atomic E-state index is 6.28. The molecule has 0 saturated heterocycles. The first-order valence-electron chi connectivity index (χ1n) is 10.7. The van der Waals surface area contributed by atoms with Crippen molar-refractivity contribution in [2.24, 2.45) is 0 Å². The molecule has 2 N–H and O–H groups in total. The number of halogens is 1. The van der Waals surface area contributed by atoms with E-state index in [1.807, 2.05) is 37.3 Å². The van der Waals surface area contributed by atoms with E-state index < -0.39 is 0 Å². The number of hydrogen-bond donors (Lipinski definition) is 2. The second-order valence-electron chi connectivity index (χ2n) is 7.72. The highest BCUT2D eigenvalue weighted by Gasteiger charge is 2.26. The van der Waals surface area contributed by atoms with Crippen molar-refractivity contribution in [3.8, 4) is 11.5 Å². The fourth-order valence-corrected chi connectivity index (χ4v) is 4.52. The van der Waals surface area contributed by atoms with Crippen LogP contribution in [0.1, 0.15) is 35.3 Å². The van der Waals surface area contributed by atoms with Crippen LogP contribution in [0.5, 0.6) is 11.5 Å². The van der Waals surface area contributed by atoms with Crippen molar-refractivity contribution < 1.29 is 9.47 Å². The SMILES string of the molecule is CCOc1cc([C@@H]2NCCc3c2[nH]c2ccccc32)ccc1OCc1ccccc1Cl. The summed E-state index contributed by atoms with van der Waals surface area (Å²) >= 11 is 6.28. The van der Waals surface area contributed by atoms with Crippen LogP contribution in [-0.2, 0) is 13.0 Å². The molecule has 4 aromatic rings. The van der Waals surface area contributed by atoms with Crippen LogP contribution in [0, 0.1) is 0 Å². The molecule has 5 rings (SSSR count). The third-order valence-corrected chi connectivity index (χ3v) is 6.17. The Morgan fingerprint density at radius 3 is 2.68 bits per heavy atom. The fraction of sp³-hybridized carbons (Fsp3) is 0.231. The minimum absolute atomic E-state index is 0.0907. The molecular formula is C26H25ClN2O2. The number of benzene rings is 3. The highest BCUT2D eigenvalue weighted by atomic mass is 35.5. The Balaban J connectivity index is 1.46. The van der Waals surface area contributed by atoms with Crippen molar-refractivity contribution in [1.82, 2.24) is 10.3 Å². The Kier molecular flexibility index (Phi) is 5.58. The monoisotopic (exact) mass is 432 g/mol. The summed E-state index contributed by atoms with van der Waals surface area (Å²) in [5, 5.41) is 5.68. The molecule has 3 aromatic carbocycles. The predicted octanol–water partition coefficient (Wildman–Crippen LogP) is 6.03. The molecule has 1 aliphatic heterocycles. The van der Waals surface area contributed by atoms with E-state index in [9.17, 15) is 0 Å². The molecule has 0 bridgehead atoms. The van der Waals surface area contributed by atoms with E-state index in [1.165, 1.54) is 22.2 Å². The van der Waals surface area contributed by atoms with Gasteiger partial charge in [-0.2, -0.15) is 0 Å². The van der Waals surface area contributed by atoms with Crippen molar-refractivity contribution in [3.05, 3.63) is 94.1 Å². The molecule has 1 aliphatic rings. The van der Waals surface area contributed by atoms with Gasteiger partial charge in [0.1, 0.15) is 6.61 Å². The van der Waals surface area contributed by atoms with Gasteiger partial charge < -0.3 is 19.8 Å². The van der Waals surface area contributed by atoms with E-state index in [-0.39, 0.29) is 6.04 Å². The molecule has 0 spiro atoms. The smallest absolute Gasteiger partial charge is 0.161 e. The molecule has 1 atom stereocenters. The van der Waals surface area contributed by atoms with Crippen LogP contribution in [0.2, 0.25) is 5.02 Å². The van der Waals surface area contributed by atoms with Crippen LogP contribution in [-0.4, -0.2) is 18.1 Å². The highest BCUT2D eigenvalue weighted by molar-refractivity contribution is 6.31. The van der Waals surface area contributed by atoms with Crippen LogP contribution in [0.3, 0.4) is 0 Å². The quantitative estimate of drug-likeness (QED) is 0.390. The summed E-state index contributed by atoms with van der Waals surface area (Å²) in [7, 11) is 0. The number of para-hydroxylation sites is 1. The van der Waals surface area contributed by atoms with Gasteiger partial charge in [0.05, 0.1) is 12.6 Å². The molecule has 31 heavy (non-hydrogen) atoms. The Morgan fingerprint density at radius 1 is 0.968 bits per heavy atom. The van der Waals surface area contributed by atoms with E-state index in [1.54, 1.807) is 0 Å². The minimum Gasteiger partial charge on any atom is -0.490 e. The van der Waals surface area contributed by atoms with Crippen LogP contribution >= 0.6 is 11.6 Å². The Morgan fingerprint density at radius 2 is 1.81 bits per heavy atom. The van der Waals surface area contributed by atoms with Gasteiger partial charge in [0.15, 0.2) is 11.5 Å². The Labute approximate surface area is 187 Å². The first kappa shape index (κ1) is 20.0. The van der Waals surface area contributed by atoms with Gasteiger partial charge in [-0.25, -0.2) is 0 Å². The molecule has 158 valence electrons. The van der Waals surface area contributed by atoms with Gasteiger partial charge in [-0.05, 0) is 48.7 Å². The lowest BCUT2D eigenvalue weighted by Crippen LogP contribution is -2.30. The number of nitrogens with one attached hydrogen (secondary N) is 2. The zero-order valence-corrected chi connectivity index (χ0v) is 18.2. The number of ether oxygens (including phenoxy) is 2. The van der Waals surface area contributed by atoms with Gasteiger partial charge in [-0.3, -0.25) is 0 Å². The third-order valence-electron chi connectivity index (χ3n) is 5.80. The first-order valence-corrected chi connectivity index (χ1v) is 11.1. The molecule has 0 amide bonds. The van der Waals surface area contributed by atoms with Crippen LogP contribution in [0.25, 0.3) is 10.9 Å². The van der Waals surface area contributed by atoms with Crippen molar-refractivity contribution in [2.45, 2.75) is 26.0 Å². The van der Waals surface area contributed by atoms with Gasteiger partial charge >= 0.3 is 0 Å². The zero-order valence-electron chi connectivity index (χ0n) is 17.5. The molecular weight excluding hydrogens is 408 g/mol. The lowest BCUT2D eigenvalue weighted by Gasteiger charge is -2.25. The van der Waals surface area contributed by atoms with Crippen LogP contribution in [0.4, 0.5) is 0 Å². The van der Waals surface area contributed by atoms with E-state index in [4.69, 9.17) is 21.1 Å². The summed E-state index contributed by atoms with van der Waals surface area (Å²) in [6, 6.07) is 22.5. The summed E-state index contributed by atoms with van der Waals surface area (Å²) in [5.74, 6) is 1.47. The lowest BCUT2D eigenvalue weighted by atomic mass is 9.94. The number of hydrogen-bond acceptors (Lipinski definition) is 3. The summed E-state index contributed by atoms with van der Waals surface area (Å²) in [6.45, 7) is 3.89. The second kappa shape index (κ2) is 8.66. The number of aromatic nitrogens is 1. The normalized spacial score (nSPS) is 15.6. The van der Waals surface area contributed by atoms with Gasteiger partial charge in [0.2, 0.25) is 0 Å². The molecule has 0 fully saturated rings. The highest BCUT2D eigenvalue weighted by Crippen LogP contribution is 2.37. The molecule has 0 aliphatic carbocycles. The number of rotatable bonds is 6. The third kappa shape index (κ3) is 3.89. The topological polar surface area (TPSA) is 46.3 Å². The molecule has 0 saturated carbocycles. The molecule has 4 nitrogen and oxygen atoms in total. The molecule has 0 unspecified atom stereocenters. The van der Waals surface area contributed by atoms with E-state index in [0.29, 0.717) is 18.2 Å². The van der Waals surface area contributed by atoms with Crippen molar-refractivity contribution in [1.29, 1.82) is 0 Å². The van der Waals surface area contributed by atoms with E-state index >= 15 is 0 Å². The molecule has 1 aromatic heterocycles. The number of fused-ring (bicyclic) bond motifs is 3. The first-order chi connectivity index (χ1) is 15.2. The largest absolute Gasteiger partial charge is 0.490 e.